The van der Waals surface area contributed by atoms with E-state index >= 15 is 0 Å². The number of benzene rings is 2. The van der Waals surface area contributed by atoms with Gasteiger partial charge in [0.15, 0.2) is 23.3 Å². The molecule has 0 fully saturated rings. The highest BCUT2D eigenvalue weighted by atomic mass is 79.9. The average Bonchev–Trinajstić information content (AvgIpc) is 3.42. The summed E-state index contributed by atoms with van der Waals surface area (Å²) in [7, 11) is 3.14. The molecular weight excluding hydrogens is 608 g/mol. The number of rotatable bonds is 12. The van der Waals surface area contributed by atoms with Gasteiger partial charge in [-0.05, 0) is 63.6 Å². The van der Waals surface area contributed by atoms with Crippen LogP contribution in [0.5, 0.6) is 17.2 Å². The molecule has 204 valence electrons. The molecule has 2 aromatic heterocycles. The molecule has 4 rings (SSSR count). The van der Waals surface area contributed by atoms with E-state index in [9.17, 15) is 14.4 Å². The highest BCUT2D eigenvalue weighted by molar-refractivity contribution is 9.10. The minimum absolute atomic E-state index is 0.00263. The van der Waals surface area contributed by atoms with E-state index in [0.717, 1.165) is 22.0 Å². The quantitative estimate of drug-likeness (QED) is 0.179. The highest BCUT2D eigenvalue weighted by Crippen LogP contribution is 2.27. The minimum Gasteiger partial charge on any atom is -0.493 e. The lowest BCUT2D eigenvalue weighted by atomic mass is 10.1. The Labute approximate surface area is 240 Å². The van der Waals surface area contributed by atoms with Crippen LogP contribution in [0, 0.1) is 0 Å². The molecule has 2 amide bonds. The number of thiophene rings is 1. The Bertz CT molecular complexity index is 1540. The van der Waals surface area contributed by atoms with Gasteiger partial charge in [0.1, 0.15) is 10.4 Å². The maximum Gasteiger partial charge on any atom is 0.291 e. The zero-order chi connectivity index (χ0) is 27.8. The molecule has 2 heterocycles. The normalized spacial score (nSPS) is 10.7. The van der Waals surface area contributed by atoms with E-state index in [1.807, 2.05) is 24.3 Å². The molecule has 0 spiro atoms. The number of aromatic nitrogens is 2. The average molecular weight is 634 g/mol. The van der Waals surface area contributed by atoms with Crippen LogP contribution < -0.4 is 30.5 Å². The lowest BCUT2D eigenvalue weighted by Crippen LogP contribution is -2.37. The lowest BCUT2D eigenvalue weighted by Gasteiger charge is -2.14. The fraction of sp³-hybridized carbons (Fsp3) is 0.231. The Morgan fingerprint density at radius 2 is 1.85 bits per heavy atom. The Kier molecular flexibility index (Phi) is 9.85. The van der Waals surface area contributed by atoms with Crippen molar-refractivity contribution in [3.8, 4) is 17.2 Å². The van der Waals surface area contributed by atoms with E-state index in [4.69, 9.17) is 14.2 Å². The molecule has 0 unspecified atom stereocenters. The number of carbonyl (C=O) groups excluding carboxylic acids is 2. The van der Waals surface area contributed by atoms with Crippen LogP contribution in [-0.2, 0) is 16.0 Å². The maximum absolute atomic E-state index is 13.1. The molecule has 0 atom stereocenters. The van der Waals surface area contributed by atoms with E-state index in [-0.39, 0.29) is 23.4 Å². The first-order chi connectivity index (χ1) is 18.9. The molecule has 0 saturated heterocycles. The number of para-hydroxylation sites is 1. The van der Waals surface area contributed by atoms with E-state index in [1.54, 1.807) is 43.9 Å². The van der Waals surface area contributed by atoms with E-state index in [1.165, 1.54) is 11.3 Å². The van der Waals surface area contributed by atoms with Crippen molar-refractivity contribution in [2.24, 2.45) is 0 Å². The second kappa shape index (κ2) is 13.5. The third-order valence-electron chi connectivity index (χ3n) is 5.40. The second-order valence-corrected chi connectivity index (χ2v) is 10.7. The topological polar surface area (TPSA) is 121 Å². The van der Waals surface area contributed by atoms with Gasteiger partial charge < -0.3 is 19.5 Å². The van der Waals surface area contributed by atoms with E-state index in [2.05, 4.69) is 31.7 Å². The number of fused-ring (bicyclic) bond motifs is 1. The molecule has 2 aromatic carbocycles. The third-order valence-corrected chi connectivity index (χ3v) is 7.88. The largest absolute Gasteiger partial charge is 0.493 e. The summed E-state index contributed by atoms with van der Waals surface area (Å²) < 4.78 is 18.3. The molecule has 13 heteroatoms. The van der Waals surface area contributed by atoms with Gasteiger partial charge >= 0.3 is 0 Å². The molecule has 0 saturated carbocycles. The molecular formula is C26H25BrN4O6S2. The number of hydrogen-bond acceptors (Lipinski definition) is 9. The van der Waals surface area contributed by atoms with Gasteiger partial charge in [0.25, 0.3) is 11.5 Å². The number of halogens is 1. The Morgan fingerprint density at radius 1 is 1.05 bits per heavy atom. The highest BCUT2D eigenvalue weighted by Gasteiger charge is 2.17. The van der Waals surface area contributed by atoms with Gasteiger partial charge in [0, 0.05) is 6.54 Å². The summed E-state index contributed by atoms with van der Waals surface area (Å²) in [5.41, 5.74) is 3.60. The van der Waals surface area contributed by atoms with Crippen molar-refractivity contribution in [2.45, 2.75) is 11.6 Å². The summed E-state index contributed by atoms with van der Waals surface area (Å²) in [4.78, 5) is 42.8. The summed E-state index contributed by atoms with van der Waals surface area (Å²) in [5, 5.41) is 4.80. The van der Waals surface area contributed by atoms with Crippen LogP contribution in [0.4, 0.5) is 0 Å². The SMILES string of the molecule is COc1ccc(CCNC(=O)CSc2nc3ccsc3c(=O)n2NC(=O)COc2ccccc2Br)cc1OC. The predicted molar refractivity (Wildman–Crippen MR) is 155 cm³/mol. The van der Waals surface area contributed by atoms with Crippen molar-refractivity contribution in [1.29, 1.82) is 0 Å². The number of ether oxygens (including phenoxy) is 3. The minimum atomic E-state index is -0.549. The summed E-state index contributed by atoms with van der Waals surface area (Å²) in [5.74, 6) is 0.952. The number of amides is 2. The molecule has 10 nitrogen and oxygen atoms in total. The molecule has 4 aromatic rings. The van der Waals surface area contributed by atoms with Gasteiger partial charge in [-0.2, -0.15) is 4.68 Å². The van der Waals surface area contributed by atoms with E-state index in [0.29, 0.717) is 44.9 Å². The molecule has 0 aliphatic carbocycles. The van der Waals surface area contributed by atoms with Crippen LogP contribution in [0.1, 0.15) is 5.56 Å². The summed E-state index contributed by atoms with van der Waals surface area (Å²) in [6.45, 7) is 0.0834. The zero-order valence-electron chi connectivity index (χ0n) is 21.1. The first-order valence-electron chi connectivity index (χ1n) is 11.7. The van der Waals surface area contributed by atoms with Gasteiger partial charge in [-0.15, -0.1) is 11.3 Å². The molecule has 0 aliphatic rings. The second-order valence-electron chi connectivity index (χ2n) is 8.00. The molecule has 0 radical (unpaired) electrons. The van der Waals surface area contributed by atoms with Crippen molar-refractivity contribution >= 4 is 61.1 Å². The van der Waals surface area contributed by atoms with Crippen LogP contribution in [0.3, 0.4) is 0 Å². The molecule has 0 bridgehead atoms. The standard InChI is InChI=1S/C26H25BrN4O6S2/c1-35-20-8-7-16(13-21(20)36-2)9-11-28-23(33)15-39-26-29-18-10-12-38-24(18)25(34)31(26)30-22(32)14-37-19-6-4-3-5-17(19)27/h3-8,10,12-13H,9,11,14-15H2,1-2H3,(H,28,33)(H,30,32). The third kappa shape index (κ3) is 7.31. The zero-order valence-corrected chi connectivity index (χ0v) is 24.3. The van der Waals surface area contributed by atoms with Crippen LogP contribution >= 0.6 is 39.0 Å². The molecule has 0 aliphatic heterocycles. The fourth-order valence-electron chi connectivity index (χ4n) is 3.51. The monoisotopic (exact) mass is 632 g/mol. The molecule has 2 N–H and O–H groups in total. The van der Waals surface area contributed by atoms with Crippen molar-refractivity contribution in [2.75, 3.05) is 38.5 Å². The smallest absolute Gasteiger partial charge is 0.291 e. The van der Waals surface area contributed by atoms with Gasteiger partial charge in [0.05, 0.1) is 30.0 Å². The first kappa shape index (κ1) is 28.5. The van der Waals surface area contributed by atoms with Gasteiger partial charge in [0.2, 0.25) is 5.91 Å². The number of nitrogens with zero attached hydrogens (tertiary/aromatic N) is 2. The predicted octanol–water partition coefficient (Wildman–Crippen LogP) is 3.84. The Hall–Kier alpha value is -3.55. The first-order valence-corrected chi connectivity index (χ1v) is 14.3. The van der Waals surface area contributed by atoms with Crippen LogP contribution in [0.15, 0.2) is 68.3 Å². The van der Waals surface area contributed by atoms with Crippen molar-refractivity contribution in [3.05, 3.63) is 74.3 Å². The van der Waals surface area contributed by atoms with Gasteiger partial charge in [-0.3, -0.25) is 19.8 Å². The maximum atomic E-state index is 13.1. The molecule has 39 heavy (non-hydrogen) atoms. The number of thioether (sulfide) groups is 1. The van der Waals surface area contributed by atoms with Crippen LogP contribution in [0.25, 0.3) is 10.2 Å². The number of carbonyl (C=O) groups is 2. The summed E-state index contributed by atoms with van der Waals surface area (Å²) in [6, 6.07) is 14.4. The van der Waals surface area contributed by atoms with Crippen LogP contribution in [-0.4, -0.2) is 54.6 Å². The van der Waals surface area contributed by atoms with Crippen molar-refractivity contribution in [1.82, 2.24) is 15.0 Å². The number of hydrogen-bond donors (Lipinski definition) is 2. The summed E-state index contributed by atoms with van der Waals surface area (Å²) in [6.07, 6.45) is 0.591. The lowest BCUT2D eigenvalue weighted by molar-refractivity contribution is -0.119. The number of nitrogens with one attached hydrogen (secondary N) is 2. The summed E-state index contributed by atoms with van der Waals surface area (Å²) >= 11 is 5.64. The van der Waals surface area contributed by atoms with Gasteiger partial charge in [-0.1, -0.05) is 30.0 Å². The van der Waals surface area contributed by atoms with Gasteiger partial charge in [-0.25, -0.2) is 4.98 Å². The van der Waals surface area contributed by atoms with Crippen molar-refractivity contribution < 1.29 is 23.8 Å². The Balaban J connectivity index is 1.37. The Morgan fingerprint density at radius 3 is 2.62 bits per heavy atom. The fourth-order valence-corrected chi connectivity index (χ4v) is 5.45. The van der Waals surface area contributed by atoms with Crippen molar-refractivity contribution in [3.63, 3.8) is 0 Å². The van der Waals surface area contributed by atoms with E-state index < -0.39 is 11.5 Å². The number of methoxy groups -OCH3 is 2. The van der Waals surface area contributed by atoms with Crippen LogP contribution in [0.2, 0.25) is 0 Å².